The third-order valence-electron chi connectivity index (χ3n) is 3.27. The van der Waals surface area contributed by atoms with Gasteiger partial charge in [-0.1, -0.05) is 31.9 Å². The maximum atomic E-state index is 11.8. The Hall–Kier alpha value is -1.26. The monoisotopic (exact) mass is 298 g/mol. The molecule has 0 aliphatic carbocycles. The molecule has 3 unspecified atom stereocenters. The fraction of sp³-hybridized carbons (Fsp3) is 0.533. The molecule has 4 nitrogen and oxygen atoms in total. The summed E-state index contributed by atoms with van der Waals surface area (Å²) < 4.78 is 5.67. The summed E-state index contributed by atoms with van der Waals surface area (Å²) in [7, 11) is 0. The number of amides is 1. The van der Waals surface area contributed by atoms with Crippen molar-refractivity contribution in [2.75, 3.05) is 6.54 Å². The summed E-state index contributed by atoms with van der Waals surface area (Å²) in [6, 6.07) is 6.65. The second-order valence-electron chi connectivity index (χ2n) is 5.04. The van der Waals surface area contributed by atoms with Crippen molar-refractivity contribution in [1.82, 2.24) is 5.32 Å². The van der Waals surface area contributed by atoms with Gasteiger partial charge in [-0.2, -0.15) is 0 Å². The number of rotatable bonds is 7. The Bertz CT molecular complexity index is 422. The van der Waals surface area contributed by atoms with Crippen LogP contribution in [0.3, 0.4) is 0 Å². The molecule has 0 aliphatic rings. The van der Waals surface area contributed by atoms with Crippen LogP contribution in [-0.2, 0) is 4.79 Å². The van der Waals surface area contributed by atoms with Crippen molar-refractivity contribution in [1.29, 1.82) is 0 Å². The maximum Gasteiger partial charge on any atom is 0.237 e. The molecule has 1 aromatic carbocycles. The number of hydrogen-bond acceptors (Lipinski definition) is 3. The minimum Gasteiger partial charge on any atom is -0.489 e. The van der Waals surface area contributed by atoms with E-state index in [0.717, 1.165) is 12.2 Å². The molecule has 0 saturated heterocycles. The van der Waals surface area contributed by atoms with Crippen molar-refractivity contribution in [2.45, 2.75) is 39.3 Å². The summed E-state index contributed by atoms with van der Waals surface area (Å²) in [5.74, 6) is 0.760. The van der Waals surface area contributed by atoms with E-state index in [-0.39, 0.29) is 17.9 Å². The fourth-order valence-electron chi connectivity index (χ4n) is 1.66. The molecular weight excluding hydrogens is 276 g/mol. The molecule has 3 N–H and O–H groups in total. The van der Waals surface area contributed by atoms with E-state index in [1.54, 1.807) is 24.3 Å². The molecule has 0 heterocycles. The average molecular weight is 299 g/mol. The van der Waals surface area contributed by atoms with E-state index in [0.29, 0.717) is 11.6 Å². The van der Waals surface area contributed by atoms with Gasteiger partial charge in [0.15, 0.2) is 0 Å². The Balaban J connectivity index is 2.37. The number of carbonyl (C=O) groups is 1. The van der Waals surface area contributed by atoms with Crippen LogP contribution in [-0.4, -0.2) is 24.6 Å². The van der Waals surface area contributed by atoms with E-state index in [2.05, 4.69) is 5.32 Å². The molecule has 1 rings (SSSR count). The van der Waals surface area contributed by atoms with Crippen molar-refractivity contribution in [3.8, 4) is 5.75 Å². The van der Waals surface area contributed by atoms with E-state index < -0.39 is 6.04 Å². The lowest BCUT2D eigenvalue weighted by Crippen LogP contribution is -2.46. The molecule has 0 radical (unpaired) electrons. The normalized spacial score (nSPS) is 15.2. The van der Waals surface area contributed by atoms with E-state index in [4.69, 9.17) is 22.1 Å². The van der Waals surface area contributed by atoms with Crippen LogP contribution < -0.4 is 15.8 Å². The molecule has 3 atom stereocenters. The maximum absolute atomic E-state index is 11.8. The molecule has 0 bridgehead atoms. The van der Waals surface area contributed by atoms with Gasteiger partial charge in [-0.15, -0.1) is 0 Å². The van der Waals surface area contributed by atoms with Crippen LogP contribution in [0.25, 0.3) is 0 Å². The average Bonchev–Trinajstić information content (AvgIpc) is 2.45. The van der Waals surface area contributed by atoms with Gasteiger partial charge in [0.25, 0.3) is 0 Å². The predicted molar refractivity (Wildman–Crippen MR) is 82.0 cm³/mol. The lowest BCUT2D eigenvalue weighted by Gasteiger charge is -2.20. The SMILES string of the molecule is CCC(C)C(N)C(=O)NCC(C)Oc1ccc(Cl)cc1. The molecule has 20 heavy (non-hydrogen) atoms. The standard InChI is InChI=1S/C15H23ClN2O2/c1-4-10(2)14(17)15(19)18-9-11(3)20-13-7-5-12(16)6-8-13/h5-8,10-11,14H,4,9,17H2,1-3H3,(H,18,19). The summed E-state index contributed by atoms with van der Waals surface area (Å²) in [6.07, 6.45) is 0.745. The first-order valence-electron chi connectivity index (χ1n) is 6.89. The highest BCUT2D eigenvalue weighted by Gasteiger charge is 2.19. The first-order chi connectivity index (χ1) is 9.43. The van der Waals surface area contributed by atoms with Crippen molar-refractivity contribution in [3.05, 3.63) is 29.3 Å². The minimum atomic E-state index is -0.470. The van der Waals surface area contributed by atoms with Gasteiger partial charge in [0.1, 0.15) is 11.9 Å². The predicted octanol–water partition coefficient (Wildman–Crippen LogP) is 2.60. The van der Waals surface area contributed by atoms with Crippen molar-refractivity contribution in [3.63, 3.8) is 0 Å². The van der Waals surface area contributed by atoms with Crippen LogP contribution in [0.5, 0.6) is 5.75 Å². The molecule has 0 fully saturated rings. The highest BCUT2D eigenvalue weighted by Crippen LogP contribution is 2.16. The van der Waals surface area contributed by atoms with E-state index in [1.807, 2.05) is 20.8 Å². The fourth-order valence-corrected chi connectivity index (χ4v) is 1.79. The summed E-state index contributed by atoms with van der Waals surface area (Å²) in [5, 5.41) is 3.48. The van der Waals surface area contributed by atoms with Gasteiger partial charge in [0, 0.05) is 5.02 Å². The molecule has 0 aromatic heterocycles. The Morgan fingerprint density at radius 2 is 1.95 bits per heavy atom. The van der Waals surface area contributed by atoms with Crippen LogP contribution in [0.1, 0.15) is 27.2 Å². The second-order valence-corrected chi connectivity index (χ2v) is 5.48. The van der Waals surface area contributed by atoms with Gasteiger partial charge in [0.05, 0.1) is 12.6 Å². The van der Waals surface area contributed by atoms with Gasteiger partial charge in [0.2, 0.25) is 5.91 Å². The molecule has 0 spiro atoms. The van der Waals surface area contributed by atoms with Crippen molar-refractivity contribution in [2.24, 2.45) is 11.7 Å². The molecule has 1 aromatic rings. The summed E-state index contributed by atoms with van der Waals surface area (Å²) >= 11 is 5.80. The molecule has 1 amide bonds. The Morgan fingerprint density at radius 3 is 2.50 bits per heavy atom. The lowest BCUT2D eigenvalue weighted by molar-refractivity contribution is -0.123. The van der Waals surface area contributed by atoms with E-state index in [1.165, 1.54) is 0 Å². The smallest absolute Gasteiger partial charge is 0.237 e. The highest BCUT2D eigenvalue weighted by atomic mass is 35.5. The Morgan fingerprint density at radius 1 is 1.35 bits per heavy atom. The van der Waals surface area contributed by atoms with E-state index in [9.17, 15) is 4.79 Å². The summed E-state index contributed by atoms with van der Waals surface area (Å²) in [6.45, 7) is 6.30. The van der Waals surface area contributed by atoms with Crippen LogP contribution in [0.15, 0.2) is 24.3 Å². The van der Waals surface area contributed by atoms with Gasteiger partial charge in [-0.3, -0.25) is 4.79 Å². The van der Waals surface area contributed by atoms with Gasteiger partial charge >= 0.3 is 0 Å². The number of ether oxygens (including phenoxy) is 1. The third kappa shape index (κ3) is 5.39. The Labute approximate surface area is 125 Å². The Kier molecular flexibility index (Phi) is 6.82. The third-order valence-corrected chi connectivity index (χ3v) is 3.53. The molecule has 5 heteroatoms. The molecule has 0 aliphatic heterocycles. The van der Waals surface area contributed by atoms with Crippen LogP contribution in [0.4, 0.5) is 0 Å². The first kappa shape index (κ1) is 16.8. The largest absolute Gasteiger partial charge is 0.489 e. The number of benzene rings is 1. The number of halogens is 1. The number of nitrogens with two attached hydrogens (primary N) is 1. The summed E-state index contributed by atoms with van der Waals surface area (Å²) in [5.41, 5.74) is 5.86. The molecular formula is C15H23ClN2O2. The number of nitrogens with one attached hydrogen (secondary N) is 1. The van der Waals surface area contributed by atoms with E-state index >= 15 is 0 Å². The van der Waals surface area contributed by atoms with Crippen LogP contribution in [0, 0.1) is 5.92 Å². The van der Waals surface area contributed by atoms with Crippen molar-refractivity contribution >= 4 is 17.5 Å². The molecule has 0 saturated carbocycles. The highest BCUT2D eigenvalue weighted by molar-refractivity contribution is 6.30. The lowest BCUT2D eigenvalue weighted by atomic mass is 9.99. The zero-order valence-corrected chi connectivity index (χ0v) is 13.0. The zero-order valence-electron chi connectivity index (χ0n) is 12.2. The topological polar surface area (TPSA) is 64.4 Å². The number of carbonyl (C=O) groups excluding carboxylic acids is 1. The number of hydrogen-bond donors (Lipinski definition) is 2. The first-order valence-corrected chi connectivity index (χ1v) is 7.27. The van der Waals surface area contributed by atoms with Gasteiger partial charge in [-0.25, -0.2) is 0 Å². The quantitative estimate of drug-likeness (QED) is 0.813. The van der Waals surface area contributed by atoms with Crippen LogP contribution >= 0.6 is 11.6 Å². The van der Waals surface area contributed by atoms with Gasteiger partial charge < -0.3 is 15.8 Å². The van der Waals surface area contributed by atoms with Crippen LogP contribution in [0.2, 0.25) is 5.02 Å². The molecule has 112 valence electrons. The van der Waals surface area contributed by atoms with Gasteiger partial charge in [-0.05, 0) is 37.1 Å². The summed E-state index contributed by atoms with van der Waals surface area (Å²) in [4.78, 5) is 11.8. The van der Waals surface area contributed by atoms with Crippen molar-refractivity contribution < 1.29 is 9.53 Å². The minimum absolute atomic E-state index is 0.133. The zero-order chi connectivity index (χ0) is 15.1. The second kappa shape index (κ2) is 8.12.